The summed E-state index contributed by atoms with van der Waals surface area (Å²) in [7, 11) is 0. The predicted molar refractivity (Wildman–Crippen MR) is 68.0 cm³/mol. The minimum atomic E-state index is -0.818. The highest BCUT2D eigenvalue weighted by molar-refractivity contribution is 5.85. The maximum absolute atomic E-state index is 12.4. The highest BCUT2D eigenvalue weighted by atomic mass is 16.4. The first kappa shape index (κ1) is 13.1. The van der Waals surface area contributed by atoms with Crippen molar-refractivity contribution in [2.45, 2.75) is 33.1 Å². The second-order valence-electron chi connectivity index (χ2n) is 5.73. The zero-order valence-electron chi connectivity index (χ0n) is 11.1. The molecule has 2 aliphatic rings. The van der Waals surface area contributed by atoms with Crippen LogP contribution >= 0.6 is 0 Å². The Bertz CT molecular complexity index is 389. The monoisotopic (exact) mass is 251 g/mol. The molecule has 0 aromatic carbocycles. The van der Waals surface area contributed by atoms with Gasteiger partial charge in [-0.05, 0) is 32.1 Å². The summed E-state index contributed by atoms with van der Waals surface area (Å²) < 4.78 is 0. The van der Waals surface area contributed by atoms with Crippen molar-refractivity contribution >= 4 is 11.9 Å². The first-order valence-corrected chi connectivity index (χ1v) is 6.66. The molecule has 1 saturated carbocycles. The zero-order chi connectivity index (χ0) is 13.3. The molecular formula is C14H21NO3. The minimum absolute atomic E-state index is 0.0409. The molecule has 1 aliphatic heterocycles. The van der Waals surface area contributed by atoms with Crippen LogP contribution in [-0.4, -0.2) is 35.0 Å². The number of rotatable bonds is 2. The molecule has 18 heavy (non-hydrogen) atoms. The van der Waals surface area contributed by atoms with E-state index in [1.54, 1.807) is 0 Å². The third-order valence-electron chi connectivity index (χ3n) is 4.08. The summed E-state index contributed by atoms with van der Waals surface area (Å²) >= 11 is 0. The highest BCUT2D eigenvalue weighted by Crippen LogP contribution is 2.37. The van der Waals surface area contributed by atoms with E-state index in [0.29, 0.717) is 18.9 Å². The lowest BCUT2D eigenvalue weighted by Gasteiger charge is -2.30. The van der Waals surface area contributed by atoms with E-state index < -0.39 is 11.9 Å². The average molecular weight is 251 g/mol. The molecule has 1 heterocycles. The second kappa shape index (κ2) is 5.12. The molecule has 1 N–H and O–H groups in total. The molecule has 1 aliphatic carbocycles. The molecule has 2 rings (SSSR count). The van der Waals surface area contributed by atoms with Crippen LogP contribution in [0.25, 0.3) is 0 Å². The molecule has 0 spiro atoms. The lowest BCUT2D eigenvalue weighted by atomic mass is 9.94. The summed E-state index contributed by atoms with van der Waals surface area (Å²) in [4.78, 5) is 25.5. The van der Waals surface area contributed by atoms with Crippen molar-refractivity contribution in [2.75, 3.05) is 13.1 Å². The summed E-state index contributed by atoms with van der Waals surface area (Å²) in [6.07, 6.45) is 4.39. The van der Waals surface area contributed by atoms with Gasteiger partial charge in [-0.3, -0.25) is 9.59 Å². The first-order valence-electron chi connectivity index (χ1n) is 6.66. The van der Waals surface area contributed by atoms with Gasteiger partial charge in [0, 0.05) is 13.1 Å². The number of hydrogen-bond donors (Lipinski definition) is 1. The number of carbonyl (C=O) groups excluding carboxylic acids is 1. The quantitative estimate of drug-likeness (QED) is 0.763. The maximum atomic E-state index is 12.4. The largest absolute Gasteiger partial charge is 0.481 e. The van der Waals surface area contributed by atoms with Crippen molar-refractivity contribution in [1.82, 2.24) is 4.90 Å². The van der Waals surface area contributed by atoms with Crippen LogP contribution < -0.4 is 0 Å². The topological polar surface area (TPSA) is 57.6 Å². The second-order valence-corrected chi connectivity index (χ2v) is 5.73. The van der Waals surface area contributed by atoms with E-state index in [-0.39, 0.29) is 11.8 Å². The van der Waals surface area contributed by atoms with Gasteiger partial charge in [0.25, 0.3) is 0 Å². The van der Waals surface area contributed by atoms with E-state index in [2.05, 4.69) is 6.08 Å². The normalized spacial score (nSPS) is 32.2. The molecule has 0 aromatic rings. The van der Waals surface area contributed by atoms with Gasteiger partial charge in [0.15, 0.2) is 0 Å². The number of aliphatic carboxylic acids is 1. The summed E-state index contributed by atoms with van der Waals surface area (Å²) in [6.45, 7) is 5.44. The van der Waals surface area contributed by atoms with Crippen LogP contribution in [0.5, 0.6) is 0 Å². The van der Waals surface area contributed by atoms with Crippen LogP contribution in [0.1, 0.15) is 33.1 Å². The smallest absolute Gasteiger partial charge is 0.307 e. The number of carboxylic acid groups (broad SMARTS) is 1. The van der Waals surface area contributed by atoms with Gasteiger partial charge < -0.3 is 10.0 Å². The third kappa shape index (κ3) is 2.57. The molecule has 100 valence electrons. The Morgan fingerprint density at radius 1 is 1.33 bits per heavy atom. The Morgan fingerprint density at radius 2 is 2.00 bits per heavy atom. The predicted octanol–water partition coefficient (Wildman–Crippen LogP) is 1.91. The van der Waals surface area contributed by atoms with E-state index in [9.17, 15) is 14.7 Å². The number of carbonyl (C=O) groups is 2. The molecule has 0 saturated heterocycles. The fourth-order valence-corrected chi connectivity index (χ4v) is 3.17. The zero-order valence-corrected chi connectivity index (χ0v) is 11.1. The highest BCUT2D eigenvalue weighted by Gasteiger charge is 2.42. The average Bonchev–Trinajstić information content (AvgIpc) is 2.70. The van der Waals surface area contributed by atoms with E-state index in [4.69, 9.17) is 0 Å². The molecule has 1 amide bonds. The van der Waals surface area contributed by atoms with Crippen LogP contribution in [-0.2, 0) is 9.59 Å². The van der Waals surface area contributed by atoms with Crippen molar-refractivity contribution in [3.8, 4) is 0 Å². The Balaban J connectivity index is 2.08. The van der Waals surface area contributed by atoms with Crippen LogP contribution in [0.15, 0.2) is 11.6 Å². The molecule has 0 bridgehead atoms. The van der Waals surface area contributed by atoms with Crippen molar-refractivity contribution in [3.05, 3.63) is 11.6 Å². The first-order chi connectivity index (χ1) is 8.49. The molecule has 0 aromatic heterocycles. The SMILES string of the molecule is CC1=CCCN(C(=O)[C@H]2CC(C)C[C@H]2C(=O)O)C1. The summed E-state index contributed by atoms with van der Waals surface area (Å²) in [6, 6.07) is 0. The van der Waals surface area contributed by atoms with E-state index in [1.165, 1.54) is 5.57 Å². The van der Waals surface area contributed by atoms with Gasteiger partial charge in [0.2, 0.25) is 5.91 Å². The summed E-state index contributed by atoms with van der Waals surface area (Å²) in [5.41, 5.74) is 1.20. The van der Waals surface area contributed by atoms with Gasteiger partial charge in [0.1, 0.15) is 0 Å². The molecule has 4 heteroatoms. The fourth-order valence-electron chi connectivity index (χ4n) is 3.17. The number of nitrogens with zero attached hydrogens (tertiary/aromatic N) is 1. The van der Waals surface area contributed by atoms with E-state index in [0.717, 1.165) is 19.4 Å². The van der Waals surface area contributed by atoms with Gasteiger partial charge in [-0.2, -0.15) is 0 Å². The summed E-state index contributed by atoms with van der Waals surface area (Å²) in [5.74, 6) is -1.25. The Labute approximate surface area is 108 Å². The van der Waals surface area contributed by atoms with Crippen LogP contribution in [0, 0.1) is 17.8 Å². The Hall–Kier alpha value is -1.32. The maximum Gasteiger partial charge on any atom is 0.307 e. The fraction of sp³-hybridized carbons (Fsp3) is 0.714. The van der Waals surface area contributed by atoms with Crippen molar-refractivity contribution in [3.63, 3.8) is 0 Å². The lowest BCUT2D eigenvalue weighted by Crippen LogP contribution is -2.41. The molecular weight excluding hydrogens is 230 g/mol. The van der Waals surface area contributed by atoms with E-state index >= 15 is 0 Å². The van der Waals surface area contributed by atoms with Crippen molar-refractivity contribution in [1.29, 1.82) is 0 Å². The number of amides is 1. The van der Waals surface area contributed by atoms with Gasteiger partial charge in [-0.15, -0.1) is 0 Å². The number of carboxylic acids is 1. The van der Waals surface area contributed by atoms with Crippen LogP contribution in [0.3, 0.4) is 0 Å². The van der Waals surface area contributed by atoms with E-state index in [1.807, 2.05) is 18.7 Å². The van der Waals surface area contributed by atoms with Crippen LogP contribution in [0.2, 0.25) is 0 Å². The molecule has 0 radical (unpaired) electrons. The van der Waals surface area contributed by atoms with Crippen molar-refractivity contribution in [2.24, 2.45) is 17.8 Å². The number of hydrogen-bond acceptors (Lipinski definition) is 2. The Kier molecular flexibility index (Phi) is 3.73. The molecule has 4 nitrogen and oxygen atoms in total. The van der Waals surface area contributed by atoms with Gasteiger partial charge in [-0.25, -0.2) is 0 Å². The van der Waals surface area contributed by atoms with Gasteiger partial charge >= 0.3 is 5.97 Å². The van der Waals surface area contributed by atoms with Crippen molar-refractivity contribution < 1.29 is 14.7 Å². The van der Waals surface area contributed by atoms with Crippen LogP contribution in [0.4, 0.5) is 0 Å². The van der Waals surface area contributed by atoms with Gasteiger partial charge in [0.05, 0.1) is 11.8 Å². The minimum Gasteiger partial charge on any atom is -0.481 e. The lowest BCUT2D eigenvalue weighted by molar-refractivity contribution is -0.149. The third-order valence-corrected chi connectivity index (χ3v) is 4.08. The molecule has 3 atom stereocenters. The molecule has 1 unspecified atom stereocenters. The standard InChI is InChI=1S/C14H21NO3/c1-9-4-3-5-15(8-9)13(16)11-6-10(2)7-12(11)14(17)18/h4,10-12H,3,5-8H2,1-2H3,(H,17,18)/t10?,11-,12+/m0/s1. The molecule has 1 fully saturated rings. The Morgan fingerprint density at radius 3 is 2.61 bits per heavy atom. The summed E-state index contributed by atoms with van der Waals surface area (Å²) in [5, 5.41) is 9.22. The van der Waals surface area contributed by atoms with Gasteiger partial charge in [-0.1, -0.05) is 18.6 Å².